The van der Waals surface area contributed by atoms with Crippen LogP contribution in [0.2, 0.25) is 0 Å². The zero-order valence-corrected chi connectivity index (χ0v) is 19.3. The third kappa shape index (κ3) is 4.84. The molecule has 3 aromatic carbocycles. The molecule has 0 fully saturated rings. The van der Waals surface area contributed by atoms with E-state index in [1.807, 2.05) is 74.5 Å². The Morgan fingerprint density at radius 1 is 0.971 bits per heavy atom. The lowest BCUT2D eigenvalue weighted by Crippen LogP contribution is -2.21. The van der Waals surface area contributed by atoms with Crippen molar-refractivity contribution in [1.82, 2.24) is 9.78 Å². The van der Waals surface area contributed by atoms with Crippen LogP contribution in [0.15, 0.2) is 94.1 Å². The molecular weight excluding hydrogens is 442 g/mol. The standard InChI is InChI=1S/C28H23N3O4/c1-18-8-10-21(11-9-18)31-26(14-19(2)30-31)29-27(32)17-34-22-12-13-23-24(20-6-4-3-5-7-20)16-28(33)35-25(23)15-22/h3-16H,17H2,1-2H3,(H,29,32). The lowest BCUT2D eigenvalue weighted by molar-refractivity contribution is -0.118. The molecular formula is C28H23N3O4. The zero-order valence-electron chi connectivity index (χ0n) is 19.3. The second kappa shape index (κ2) is 9.30. The van der Waals surface area contributed by atoms with E-state index in [0.717, 1.165) is 33.5 Å². The van der Waals surface area contributed by atoms with Crippen molar-refractivity contribution in [3.63, 3.8) is 0 Å². The van der Waals surface area contributed by atoms with Crippen molar-refractivity contribution in [2.75, 3.05) is 11.9 Å². The van der Waals surface area contributed by atoms with Crippen LogP contribution in [0.25, 0.3) is 27.8 Å². The number of aryl methyl sites for hydroxylation is 2. The van der Waals surface area contributed by atoms with Crippen molar-refractivity contribution in [2.24, 2.45) is 0 Å². The Kier molecular flexibility index (Phi) is 5.89. The fourth-order valence-electron chi connectivity index (χ4n) is 3.89. The first-order chi connectivity index (χ1) is 17.0. The molecule has 0 bridgehead atoms. The summed E-state index contributed by atoms with van der Waals surface area (Å²) in [6.07, 6.45) is 0. The van der Waals surface area contributed by atoms with Gasteiger partial charge in [0.15, 0.2) is 6.61 Å². The third-order valence-corrected chi connectivity index (χ3v) is 5.55. The van der Waals surface area contributed by atoms with E-state index in [9.17, 15) is 9.59 Å². The Morgan fingerprint density at radius 2 is 1.74 bits per heavy atom. The van der Waals surface area contributed by atoms with Gasteiger partial charge in [-0.2, -0.15) is 5.10 Å². The Morgan fingerprint density at radius 3 is 2.51 bits per heavy atom. The summed E-state index contributed by atoms with van der Waals surface area (Å²) in [4.78, 5) is 24.8. The van der Waals surface area contributed by atoms with Crippen LogP contribution in [0.1, 0.15) is 11.3 Å². The number of carbonyl (C=O) groups is 1. The van der Waals surface area contributed by atoms with Gasteiger partial charge in [0, 0.05) is 23.6 Å². The number of nitrogens with one attached hydrogen (secondary N) is 1. The molecule has 2 heterocycles. The number of rotatable bonds is 6. The first kappa shape index (κ1) is 22.2. The van der Waals surface area contributed by atoms with Gasteiger partial charge in [-0.3, -0.25) is 4.79 Å². The minimum absolute atomic E-state index is 0.216. The molecule has 0 aliphatic rings. The molecule has 0 aliphatic heterocycles. The van der Waals surface area contributed by atoms with Gasteiger partial charge in [0.05, 0.1) is 11.4 Å². The second-order valence-electron chi connectivity index (χ2n) is 8.26. The number of benzene rings is 3. The Balaban J connectivity index is 1.33. The largest absolute Gasteiger partial charge is 0.484 e. The van der Waals surface area contributed by atoms with E-state index in [-0.39, 0.29) is 12.5 Å². The first-order valence-corrected chi connectivity index (χ1v) is 11.2. The van der Waals surface area contributed by atoms with Crippen LogP contribution >= 0.6 is 0 Å². The third-order valence-electron chi connectivity index (χ3n) is 5.55. The molecule has 7 nitrogen and oxygen atoms in total. The fourth-order valence-corrected chi connectivity index (χ4v) is 3.89. The van der Waals surface area contributed by atoms with Gasteiger partial charge >= 0.3 is 5.63 Å². The fraction of sp³-hybridized carbons (Fsp3) is 0.107. The van der Waals surface area contributed by atoms with Crippen LogP contribution in [0, 0.1) is 13.8 Å². The molecule has 1 N–H and O–H groups in total. The van der Waals surface area contributed by atoms with E-state index < -0.39 is 5.63 Å². The molecule has 5 aromatic rings. The first-order valence-electron chi connectivity index (χ1n) is 11.2. The molecule has 0 aliphatic carbocycles. The summed E-state index contributed by atoms with van der Waals surface area (Å²) in [5, 5.41) is 8.11. The van der Waals surface area contributed by atoms with E-state index in [1.54, 1.807) is 22.9 Å². The summed E-state index contributed by atoms with van der Waals surface area (Å²) in [7, 11) is 0. The van der Waals surface area contributed by atoms with E-state index >= 15 is 0 Å². The molecule has 174 valence electrons. The number of amides is 1. The number of aromatic nitrogens is 2. The number of ether oxygens (including phenoxy) is 1. The van der Waals surface area contributed by atoms with Gasteiger partial charge in [0.25, 0.3) is 5.91 Å². The maximum atomic E-state index is 12.6. The SMILES string of the molecule is Cc1ccc(-n2nc(C)cc2NC(=O)COc2ccc3c(-c4ccccc4)cc(=O)oc3c2)cc1. The van der Waals surface area contributed by atoms with Crippen molar-refractivity contribution < 1.29 is 13.9 Å². The van der Waals surface area contributed by atoms with Crippen LogP contribution in [0.5, 0.6) is 5.75 Å². The number of anilines is 1. The van der Waals surface area contributed by atoms with Crippen molar-refractivity contribution in [3.8, 4) is 22.6 Å². The summed E-state index contributed by atoms with van der Waals surface area (Å²) in [6, 6.07) is 26.0. The summed E-state index contributed by atoms with van der Waals surface area (Å²) >= 11 is 0. The van der Waals surface area contributed by atoms with Crippen LogP contribution in [0.3, 0.4) is 0 Å². The lowest BCUT2D eigenvalue weighted by Gasteiger charge is -2.11. The van der Waals surface area contributed by atoms with Gasteiger partial charge < -0.3 is 14.5 Å². The lowest BCUT2D eigenvalue weighted by atomic mass is 10.0. The molecule has 2 aromatic heterocycles. The average Bonchev–Trinajstić information content (AvgIpc) is 3.22. The second-order valence-corrected chi connectivity index (χ2v) is 8.26. The minimum atomic E-state index is -0.453. The maximum Gasteiger partial charge on any atom is 0.336 e. The Hall–Kier alpha value is -4.65. The van der Waals surface area contributed by atoms with Crippen molar-refractivity contribution >= 4 is 22.7 Å². The molecule has 0 saturated carbocycles. The van der Waals surface area contributed by atoms with Crippen molar-refractivity contribution in [3.05, 3.63) is 107 Å². The number of carbonyl (C=O) groups excluding carboxylic acids is 1. The average molecular weight is 466 g/mol. The van der Waals surface area contributed by atoms with Gasteiger partial charge in [0.1, 0.15) is 17.2 Å². The van der Waals surface area contributed by atoms with Gasteiger partial charge in [-0.1, -0.05) is 48.0 Å². The molecule has 5 rings (SSSR count). The maximum absolute atomic E-state index is 12.6. The van der Waals surface area contributed by atoms with Gasteiger partial charge in [-0.15, -0.1) is 0 Å². The number of hydrogen-bond donors (Lipinski definition) is 1. The van der Waals surface area contributed by atoms with Crippen LogP contribution in [0.4, 0.5) is 5.82 Å². The molecule has 0 atom stereocenters. The monoisotopic (exact) mass is 465 g/mol. The minimum Gasteiger partial charge on any atom is -0.484 e. The normalized spacial score (nSPS) is 10.9. The molecule has 1 amide bonds. The summed E-state index contributed by atoms with van der Waals surface area (Å²) in [5.74, 6) is 0.638. The highest BCUT2D eigenvalue weighted by molar-refractivity contribution is 5.94. The molecule has 0 spiro atoms. The van der Waals surface area contributed by atoms with Crippen LogP contribution < -0.4 is 15.7 Å². The van der Waals surface area contributed by atoms with Crippen molar-refractivity contribution in [1.29, 1.82) is 0 Å². The molecule has 35 heavy (non-hydrogen) atoms. The van der Waals surface area contributed by atoms with E-state index in [1.165, 1.54) is 6.07 Å². The van der Waals surface area contributed by atoms with E-state index in [0.29, 0.717) is 17.2 Å². The summed E-state index contributed by atoms with van der Waals surface area (Å²) in [5.41, 5.74) is 4.39. The highest BCUT2D eigenvalue weighted by atomic mass is 16.5. The number of hydrogen-bond acceptors (Lipinski definition) is 5. The highest BCUT2D eigenvalue weighted by Crippen LogP contribution is 2.29. The topological polar surface area (TPSA) is 86.4 Å². The van der Waals surface area contributed by atoms with Crippen LogP contribution in [-0.2, 0) is 4.79 Å². The zero-order chi connectivity index (χ0) is 24.4. The van der Waals surface area contributed by atoms with Crippen molar-refractivity contribution in [2.45, 2.75) is 13.8 Å². The van der Waals surface area contributed by atoms with E-state index in [4.69, 9.17) is 9.15 Å². The van der Waals surface area contributed by atoms with Gasteiger partial charge in [-0.05, 0) is 49.2 Å². The van der Waals surface area contributed by atoms with Gasteiger partial charge in [0.2, 0.25) is 0 Å². The summed E-state index contributed by atoms with van der Waals surface area (Å²) < 4.78 is 12.8. The van der Waals surface area contributed by atoms with Crippen LogP contribution in [-0.4, -0.2) is 22.3 Å². The molecule has 0 saturated heterocycles. The molecule has 7 heteroatoms. The Bertz CT molecular complexity index is 1570. The smallest absolute Gasteiger partial charge is 0.336 e. The highest BCUT2D eigenvalue weighted by Gasteiger charge is 2.13. The molecule has 0 unspecified atom stereocenters. The number of nitrogens with zero attached hydrogens (tertiary/aromatic N) is 2. The predicted molar refractivity (Wildman–Crippen MR) is 135 cm³/mol. The predicted octanol–water partition coefficient (Wildman–Crippen LogP) is 5.28. The quantitative estimate of drug-likeness (QED) is 0.345. The summed E-state index contributed by atoms with van der Waals surface area (Å²) in [6.45, 7) is 3.66. The number of fused-ring (bicyclic) bond motifs is 1. The van der Waals surface area contributed by atoms with Gasteiger partial charge in [-0.25, -0.2) is 9.48 Å². The Labute approximate surface area is 201 Å². The molecule has 0 radical (unpaired) electrons. The van der Waals surface area contributed by atoms with E-state index in [2.05, 4.69) is 10.4 Å².